The Kier molecular flexibility index (Phi) is 17.2. The monoisotopic (exact) mass is 416 g/mol. The summed E-state index contributed by atoms with van der Waals surface area (Å²) < 4.78 is 9.16. The summed E-state index contributed by atoms with van der Waals surface area (Å²) in [5.41, 5.74) is 11.3. The van der Waals surface area contributed by atoms with Gasteiger partial charge in [0.1, 0.15) is 11.7 Å². The third-order valence-electron chi connectivity index (χ3n) is 3.87. The Balaban J connectivity index is 3.47. The van der Waals surface area contributed by atoms with Crippen LogP contribution in [0.5, 0.6) is 0 Å². The minimum absolute atomic E-state index is 0.239. The first-order valence-electron chi connectivity index (χ1n) is 10.3. The van der Waals surface area contributed by atoms with Crippen molar-refractivity contribution in [1.82, 2.24) is 0 Å². The van der Waals surface area contributed by atoms with Crippen LogP contribution in [0.2, 0.25) is 0 Å². The van der Waals surface area contributed by atoms with Crippen LogP contribution in [-0.4, -0.2) is 37.2 Å². The Morgan fingerprint density at radius 2 is 0.931 bits per heavy atom. The first-order chi connectivity index (χ1) is 14.0. The molecule has 0 fully saturated rings. The van der Waals surface area contributed by atoms with Gasteiger partial charge >= 0.3 is 12.3 Å². The minimum atomic E-state index is -0.838. The predicted molar refractivity (Wildman–Crippen MR) is 110 cm³/mol. The molecule has 0 heterocycles. The molecule has 0 saturated carbocycles. The van der Waals surface area contributed by atoms with Gasteiger partial charge in [0.25, 0.3) is 0 Å². The fourth-order valence-corrected chi connectivity index (χ4v) is 2.42. The number of nitrogens with zero attached hydrogens (tertiary/aromatic N) is 2. The zero-order valence-electron chi connectivity index (χ0n) is 17.7. The molecule has 0 aromatic heterocycles. The highest BCUT2D eigenvalue weighted by molar-refractivity contribution is 5.80. The lowest BCUT2D eigenvalue weighted by Gasteiger charge is -2.03. The second-order valence-electron chi connectivity index (χ2n) is 6.40. The topological polar surface area (TPSA) is 148 Å². The van der Waals surface area contributed by atoms with Crippen LogP contribution in [0.1, 0.15) is 84.5 Å². The zero-order valence-corrected chi connectivity index (χ0v) is 17.7. The van der Waals surface area contributed by atoms with Crippen molar-refractivity contribution < 1.29 is 28.7 Å². The summed E-state index contributed by atoms with van der Waals surface area (Å²) in [5.74, 6) is 0.599. The van der Waals surface area contributed by atoms with Gasteiger partial charge in [-0.05, 0) is 26.7 Å². The molecule has 0 atom stereocenters. The van der Waals surface area contributed by atoms with Gasteiger partial charge in [0.15, 0.2) is 0 Å². The number of nitrogens with two attached hydrogens (primary N) is 2. The van der Waals surface area contributed by atoms with Crippen molar-refractivity contribution in [3.8, 4) is 0 Å². The SMILES string of the molecule is CCOC(=O)O/N=C(\N)CCCCCCCCCCC/C(N)=N\OC(=O)OCC. The quantitative estimate of drug-likeness (QED) is 0.0951. The molecule has 0 saturated heterocycles. The number of amidine groups is 2. The number of carbonyl (C=O) groups is 2. The van der Waals surface area contributed by atoms with E-state index >= 15 is 0 Å². The molecule has 0 aliphatic rings. The van der Waals surface area contributed by atoms with Crippen LogP contribution >= 0.6 is 0 Å². The standard InChI is InChI=1S/C19H36N4O6/c1-3-26-18(24)28-22-16(20)14-12-10-8-6-5-7-9-11-13-15-17(21)23-29-19(25)27-4-2/h3-15H2,1-2H3,(H2,20,22)(H2,21,23). The van der Waals surface area contributed by atoms with E-state index in [0.717, 1.165) is 38.5 Å². The molecule has 29 heavy (non-hydrogen) atoms. The van der Waals surface area contributed by atoms with E-state index in [1.54, 1.807) is 13.8 Å². The van der Waals surface area contributed by atoms with Crippen LogP contribution in [0, 0.1) is 0 Å². The van der Waals surface area contributed by atoms with Crippen LogP contribution in [0.3, 0.4) is 0 Å². The van der Waals surface area contributed by atoms with Gasteiger partial charge in [-0.2, -0.15) is 0 Å². The van der Waals surface area contributed by atoms with Crippen LogP contribution in [0.25, 0.3) is 0 Å². The van der Waals surface area contributed by atoms with Gasteiger partial charge in [0, 0.05) is 12.8 Å². The molecule has 0 aromatic rings. The third-order valence-corrected chi connectivity index (χ3v) is 3.87. The Morgan fingerprint density at radius 3 is 1.24 bits per heavy atom. The summed E-state index contributed by atoms with van der Waals surface area (Å²) in [6, 6.07) is 0. The Bertz CT molecular complexity index is 467. The number of unbranched alkanes of at least 4 members (excludes halogenated alkanes) is 8. The van der Waals surface area contributed by atoms with E-state index in [-0.39, 0.29) is 13.2 Å². The first kappa shape index (κ1) is 26.5. The van der Waals surface area contributed by atoms with E-state index < -0.39 is 12.3 Å². The summed E-state index contributed by atoms with van der Waals surface area (Å²) in [6.07, 6.45) is 9.27. The number of ether oxygens (including phenoxy) is 2. The molecule has 0 amide bonds. The Morgan fingerprint density at radius 1 is 0.621 bits per heavy atom. The molecular formula is C19H36N4O6. The molecule has 0 aromatic carbocycles. The van der Waals surface area contributed by atoms with Gasteiger partial charge in [-0.25, -0.2) is 9.59 Å². The number of rotatable bonds is 16. The number of hydrogen-bond donors (Lipinski definition) is 2. The van der Waals surface area contributed by atoms with Crippen molar-refractivity contribution in [2.45, 2.75) is 84.5 Å². The number of hydrogen-bond acceptors (Lipinski definition) is 8. The van der Waals surface area contributed by atoms with Crippen LogP contribution < -0.4 is 11.5 Å². The second-order valence-corrected chi connectivity index (χ2v) is 6.40. The highest BCUT2D eigenvalue weighted by Crippen LogP contribution is 2.11. The van der Waals surface area contributed by atoms with Crippen molar-refractivity contribution in [3.63, 3.8) is 0 Å². The van der Waals surface area contributed by atoms with Gasteiger partial charge in [0.2, 0.25) is 0 Å². The lowest BCUT2D eigenvalue weighted by atomic mass is 10.1. The molecule has 168 valence electrons. The molecule has 4 N–H and O–H groups in total. The molecule has 0 bridgehead atoms. The predicted octanol–water partition coefficient (Wildman–Crippen LogP) is 4.17. The Labute approximate surface area is 172 Å². The van der Waals surface area contributed by atoms with Crippen LogP contribution in [-0.2, 0) is 19.1 Å². The summed E-state index contributed by atoms with van der Waals surface area (Å²) >= 11 is 0. The highest BCUT2D eigenvalue weighted by Gasteiger charge is 2.03. The number of oxime groups is 2. The largest absolute Gasteiger partial charge is 0.535 e. The van der Waals surface area contributed by atoms with Gasteiger partial charge in [-0.15, -0.1) is 0 Å². The molecular weight excluding hydrogens is 380 g/mol. The van der Waals surface area contributed by atoms with Gasteiger partial charge in [-0.1, -0.05) is 55.3 Å². The smallest absolute Gasteiger partial charge is 0.433 e. The lowest BCUT2D eigenvalue weighted by Crippen LogP contribution is -2.14. The van der Waals surface area contributed by atoms with Crippen molar-refractivity contribution in [2.75, 3.05) is 13.2 Å². The van der Waals surface area contributed by atoms with E-state index in [1.165, 1.54) is 19.3 Å². The molecule has 10 nitrogen and oxygen atoms in total. The molecule has 0 spiro atoms. The fraction of sp³-hybridized carbons (Fsp3) is 0.789. The van der Waals surface area contributed by atoms with E-state index in [1.807, 2.05) is 0 Å². The summed E-state index contributed by atoms with van der Waals surface area (Å²) in [7, 11) is 0. The normalized spacial score (nSPS) is 11.8. The van der Waals surface area contributed by atoms with Gasteiger partial charge in [0.05, 0.1) is 13.2 Å². The maximum absolute atomic E-state index is 11.0. The van der Waals surface area contributed by atoms with Crippen molar-refractivity contribution >= 4 is 24.0 Å². The minimum Gasteiger partial charge on any atom is -0.433 e. The zero-order chi connectivity index (χ0) is 21.7. The van der Waals surface area contributed by atoms with E-state index in [0.29, 0.717) is 24.5 Å². The van der Waals surface area contributed by atoms with Crippen LogP contribution in [0.15, 0.2) is 10.3 Å². The Hall–Kier alpha value is -2.52. The van der Waals surface area contributed by atoms with E-state index in [4.69, 9.17) is 11.5 Å². The van der Waals surface area contributed by atoms with Crippen LogP contribution in [0.4, 0.5) is 9.59 Å². The van der Waals surface area contributed by atoms with E-state index in [9.17, 15) is 9.59 Å². The highest BCUT2D eigenvalue weighted by atomic mass is 16.8. The summed E-state index contributed by atoms with van der Waals surface area (Å²) in [5, 5.41) is 7.06. The van der Waals surface area contributed by atoms with Gasteiger partial charge < -0.3 is 20.9 Å². The summed E-state index contributed by atoms with van der Waals surface area (Å²) in [6.45, 7) is 3.85. The van der Waals surface area contributed by atoms with Gasteiger partial charge in [-0.3, -0.25) is 9.68 Å². The molecule has 0 aliphatic heterocycles. The molecule has 0 aliphatic carbocycles. The second kappa shape index (κ2) is 18.8. The third kappa shape index (κ3) is 18.6. The van der Waals surface area contributed by atoms with E-state index in [2.05, 4.69) is 29.5 Å². The van der Waals surface area contributed by atoms with Crippen molar-refractivity contribution in [2.24, 2.45) is 21.8 Å². The lowest BCUT2D eigenvalue weighted by molar-refractivity contribution is 0.0601. The average molecular weight is 417 g/mol. The van der Waals surface area contributed by atoms with Crippen molar-refractivity contribution in [1.29, 1.82) is 0 Å². The first-order valence-corrected chi connectivity index (χ1v) is 10.3. The molecule has 0 unspecified atom stereocenters. The molecule has 0 radical (unpaired) electrons. The summed E-state index contributed by atoms with van der Waals surface area (Å²) in [4.78, 5) is 30.9. The maximum atomic E-state index is 11.0. The maximum Gasteiger partial charge on any atom is 0.535 e. The fourth-order valence-electron chi connectivity index (χ4n) is 2.42. The number of carbonyl (C=O) groups excluding carboxylic acids is 2. The molecule has 10 heteroatoms. The molecule has 0 rings (SSSR count). The van der Waals surface area contributed by atoms with Crippen molar-refractivity contribution in [3.05, 3.63) is 0 Å². The average Bonchev–Trinajstić information content (AvgIpc) is 2.69.